The SMILES string of the molecule is c1ccc(-c2ccc(N(c3cccc4sc5ccccc5c34)c3cccc4c3c3ccc5ccccc5c3n4-c3ccccc3)cc2)cc1. The first-order valence-electron chi connectivity index (χ1n) is 16.7. The number of rotatable bonds is 5. The molecule has 0 bridgehead atoms. The van der Waals surface area contributed by atoms with Gasteiger partial charge in [0.05, 0.1) is 22.4 Å². The van der Waals surface area contributed by atoms with Crippen molar-refractivity contribution in [1.82, 2.24) is 4.57 Å². The summed E-state index contributed by atoms with van der Waals surface area (Å²) in [6, 6.07) is 66.2. The molecule has 0 aliphatic carbocycles. The van der Waals surface area contributed by atoms with E-state index in [1.807, 2.05) is 11.3 Å². The van der Waals surface area contributed by atoms with Gasteiger partial charge in [0.1, 0.15) is 0 Å². The summed E-state index contributed by atoms with van der Waals surface area (Å²) in [5, 5.41) is 7.52. The average Bonchev–Trinajstić information content (AvgIpc) is 3.73. The lowest BCUT2D eigenvalue weighted by Crippen LogP contribution is -2.11. The summed E-state index contributed by atoms with van der Waals surface area (Å²) in [5.74, 6) is 0. The summed E-state index contributed by atoms with van der Waals surface area (Å²) < 4.78 is 5.04. The van der Waals surface area contributed by atoms with Gasteiger partial charge in [-0.05, 0) is 71.1 Å². The molecule has 0 aliphatic heterocycles. The van der Waals surface area contributed by atoms with Gasteiger partial charge in [-0.25, -0.2) is 0 Å². The zero-order valence-corrected chi connectivity index (χ0v) is 27.4. The minimum Gasteiger partial charge on any atom is -0.309 e. The van der Waals surface area contributed by atoms with Crippen LogP contribution < -0.4 is 4.90 Å². The number of hydrogen-bond acceptors (Lipinski definition) is 2. The average molecular weight is 643 g/mol. The number of para-hydroxylation sites is 1. The van der Waals surface area contributed by atoms with Crippen LogP contribution in [-0.4, -0.2) is 4.57 Å². The Bertz CT molecular complexity index is 2810. The molecular weight excluding hydrogens is 613 g/mol. The molecule has 0 saturated carbocycles. The molecule has 0 saturated heterocycles. The number of nitrogens with zero attached hydrogens (tertiary/aromatic N) is 2. The fourth-order valence-electron chi connectivity index (χ4n) is 7.62. The fourth-order valence-corrected chi connectivity index (χ4v) is 8.75. The van der Waals surface area contributed by atoms with Crippen molar-refractivity contribution < 1.29 is 0 Å². The van der Waals surface area contributed by atoms with Crippen molar-refractivity contribution in [3.05, 3.63) is 182 Å². The highest BCUT2D eigenvalue weighted by atomic mass is 32.1. The van der Waals surface area contributed by atoms with Gasteiger partial charge in [-0.15, -0.1) is 11.3 Å². The Morgan fingerprint density at radius 2 is 1.04 bits per heavy atom. The van der Waals surface area contributed by atoms with Crippen LogP contribution in [0.3, 0.4) is 0 Å². The minimum absolute atomic E-state index is 1.12. The second kappa shape index (κ2) is 11.2. The largest absolute Gasteiger partial charge is 0.309 e. The molecule has 0 unspecified atom stereocenters. The van der Waals surface area contributed by atoms with E-state index in [1.54, 1.807) is 0 Å². The van der Waals surface area contributed by atoms with Crippen LogP contribution >= 0.6 is 11.3 Å². The van der Waals surface area contributed by atoms with E-state index in [0.717, 1.165) is 17.1 Å². The zero-order valence-electron chi connectivity index (χ0n) is 26.6. The van der Waals surface area contributed by atoms with E-state index in [4.69, 9.17) is 0 Å². The number of benzene rings is 8. The van der Waals surface area contributed by atoms with Crippen LogP contribution in [0.15, 0.2) is 182 Å². The summed E-state index contributed by atoms with van der Waals surface area (Å²) in [4.78, 5) is 2.49. The summed E-state index contributed by atoms with van der Waals surface area (Å²) in [7, 11) is 0. The number of hydrogen-bond donors (Lipinski definition) is 0. The maximum atomic E-state index is 2.49. The van der Waals surface area contributed by atoms with Crippen molar-refractivity contribution >= 4 is 81.1 Å². The van der Waals surface area contributed by atoms with Crippen LogP contribution in [0.1, 0.15) is 0 Å². The zero-order chi connectivity index (χ0) is 32.3. The first-order valence-corrected chi connectivity index (χ1v) is 17.5. The van der Waals surface area contributed by atoms with Crippen molar-refractivity contribution in [1.29, 1.82) is 0 Å². The smallest absolute Gasteiger partial charge is 0.0620 e. The maximum Gasteiger partial charge on any atom is 0.0620 e. The molecule has 0 N–H and O–H groups in total. The second-order valence-corrected chi connectivity index (χ2v) is 13.6. The monoisotopic (exact) mass is 642 g/mol. The minimum atomic E-state index is 1.12. The summed E-state index contributed by atoms with van der Waals surface area (Å²) in [6.45, 7) is 0. The molecular formula is C46H30N2S. The quantitative estimate of drug-likeness (QED) is 0.181. The lowest BCUT2D eigenvalue weighted by Gasteiger charge is -2.27. The lowest BCUT2D eigenvalue weighted by atomic mass is 10.0. The molecule has 2 heterocycles. The molecule has 10 rings (SSSR count). The van der Waals surface area contributed by atoms with Crippen molar-refractivity contribution in [2.24, 2.45) is 0 Å². The van der Waals surface area contributed by atoms with Gasteiger partial charge < -0.3 is 9.47 Å². The molecule has 230 valence electrons. The Labute approximate surface area is 288 Å². The topological polar surface area (TPSA) is 8.17 Å². The van der Waals surface area contributed by atoms with Gasteiger partial charge >= 0.3 is 0 Å². The van der Waals surface area contributed by atoms with Crippen LogP contribution in [0.2, 0.25) is 0 Å². The molecule has 8 aromatic carbocycles. The first-order chi connectivity index (χ1) is 24.3. The number of aromatic nitrogens is 1. The van der Waals surface area contributed by atoms with E-state index in [1.165, 1.54) is 69.6 Å². The number of fused-ring (bicyclic) bond motifs is 8. The van der Waals surface area contributed by atoms with Crippen LogP contribution in [-0.2, 0) is 0 Å². The second-order valence-electron chi connectivity index (χ2n) is 12.5. The van der Waals surface area contributed by atoms with Gasteiger partial charge in [0.25, 0.3) is 0 Å². The Kier molecular flexibility index (Phi) is 6.39. The Morgan fingerprint density at radius 1 is 0.408 bits per heavy atom. The molecule has 0 spiro atoms. The fraction of sp³-hybridized carbons (Fsp3) is 0. The van der Waals surface area contributed by atoms with E-state index in [2.05, 4.69) is 191 Å². The third-order valence-corrected chi connectivity index (χ3v) is 10.9. The molecule has 0 fully saturated rings. The van der Waals surface area contributed by atoms with E-state index in [9.17, 15) is 0 Å². The van der Waals surface area contributed by atoms with Gasteiger partial charge in [0, 0.05) is 47.7 Å². The predicted octanol–water partition coefficient (Wildman–Crippen LogP) is 13.4. The van der Waals surface area contributed by atoms with Crippen molar-refractivity contribution in [3.8, 4) is 16.8 Å². The molecule has 2 nitrogen and oxygen atoms in total. The van der Waals surface area contributed by atoms with E-state index in [-0.39, 0.29) is 0 Å². The van der Waals surface area contributed by atoms with Gasteiger partial charge in [-0.1, -0.05) is 127 Å². The van der Waals surface area contributed by atoms with Gasteiger partial charge in [0.15, 0.2) is 0 Å². The van der Waals surface area contributed by atoms with E-state index in [0.29, 0.717) is 0 Å². The van der Waals surface area contributed by atoms with Crippen molar-refractivity contribution in [2.45, 2.75) is 0 Å². The van der Waals surface area contributed by atoms with E-state index < -0.39 is 0 Å². The Balaban J connectivity index is 1.32. The molecule has 0 radical (unpaired) electrons. The molecule has 3 heteroatoms. The highest BCUT2D eigenvalue weighted by Crippen LogP contribution is 2.49. The van der Waals surface area contributed by atoms with Crippen molar-refractivity contribution in [2.75, 3.05) is 4.90 Å². The van der Waals surface area contributed by atoms with Gasteiger partial charge in [0.2, 0.25) is 0 Å². The predicted molar refractivity (Wildman–Crippen MR) is 211 cm³/mol. The molecule has 49 heavy (non-hydrogen) atoms. The van der Waals surface area contributed by atoms with Crippen LogP contribution in [0.5, 0.6) is 0 Å². The Morgan fingerprint density at radius 3 is 1.86 bits per heavy atom. The standard InChI is InChI=1S/C46H30N2S/c1-3-13-31(14-4-1)32-25-28-35(29-26-32)47(41-22-12-24-43-45(41)37-19-9-10-23-42(37)49-43)39-20-11-21-40-44(39)38-30-27-33-15-7-8-18-36(33)46(38)48(40)34-16-5-2-6-17-34/h1-30H. The highest BCUT2D eigenvalue weighted by molar-refractivity contribution is 7.26. The highest BCUT2D eigenvalue weighted by Gasteiger charge is 2.24. The molecule has 10 aromatic rings. The number of thiophene rings is 1. The van der Waals surface area contributed by atoms with Gasteiger partial charge in [-0.3, -0.25) is 0 Å². The van der Waals surface area contributed by atoms with Gasteiger partial charge in [-0.2, -0.15) is 0 Å². The molecule has 2 aromatic heterocycles. The summed E-state index contributed by atoms with van der Waals surface area (Å²) in [5.41, 5.74) is 9.44. The van der Waals surface area contributed by atoms with E-state index >= 15 is 0 Å². The molecule has 0 atom stereocenters. The maximum absolute atomic E-state index is 2.49. The third kappa shape index (κ3) is 4.40. The van der Waals surface area contributed by atoms with Crippen LogP contribution in [0.25, 0.3) is 69.6 Å². The lowest BCUT2D eigenvalue weighted by molar-refractivity contribution is 1.18. The summed E-state index contributed by atoms with van der Waals surface area (Å²) >= 11 is 1.86. The molecule has 0 amide bonds. The first kappa shape index (κ1) is 27.9. The molecule has 0 aliphatic rings. The van der Waals surface area contributed by atoms with Crippen LogP contribution in [0.4, 0.5) is 17.1 Å². The normalized spacial score (nSPS) is 11.7. The number of anilines is 3. The summed E-state index contributed by atoms with van der Waals surface area (Å²) in [6.07, 6.45) is 0. The van der Waals surface area contributed by atoms with Crippen LogP contribution in [0, 0.1) is 0 Å². The van der Waals surface area contributed by atoms with Crippen molar-refractivity contribution in [3.63, 3.8) is 0 Å². The Hall–Kier alpha value is -6.16. The third-order valence-electron chi connectivity index (χ3n) is 9.76.